The lowest BCUT2D eigenvalue weighted by molar-refractivity contribution is -0.141. The first kappa shape index (κ1) is 19.1. The molecule has 5 saturated carbocycles. The molecule has 0 N–H and O–H groups in total. The van der Waals surface area contributed by atoms with Crippen molar-refractivity contribution in [2.45, 2.75) is 81.8 Å². The van der Waals surface area contributed by atoms with E-state index >= 15 is 0 Å². The van der Waals surface area contributed by atoms with Crippen LogP contribution in [-0.2, 0) is 4.79 Å². The average Bonchev–Trinajstić information content (AvgIpc) is 3.41. The largest absolute Gasteiger partial charge is 0.461 e. The van der Waals surface area contributed by atoms with Crippen molar-refractivity contribution in [1.29, 1.82) is 0 Å². The van der Waals surface area contributed by atoms with Crippen LogP contribution in [0.5, 0.6) is 0 Å². The molecule has 5 fully saturated rings. The van der Waals surface area contributed by atoms with Gasteiger partial charge in [0.25, 0.3) is 0 Å². The molecule has 0 spiro atoms. The Hall–Kier alpha value is -1.56. The summed E-state index contributed by atoms with van der Waals surface area (Å²) in [5.74, 6) is 5.02. The molecule has 2 heterocycles. The fourth-order valence-electron chi connectivity index (χ4n) is 7.35. The van der Waals surface area contributed by atoms with Crippen molar-refractivity contribution >= 4 is 17.5 Å². The van der Waals surface area contributed by atoms with Crippen LogP contribution in [0.25, 0.3) is 11.6 Å². The van der Waals surface area contributed by atoms with Crippen LogP contribution in [-0.4, -0.2) is 26.3 Å². The quantitative estimate of drug-likeness (QED) is 0.538. The molecule has 6 heteroatoms. The van der Waals surface area contributed by atoms with E-state index in [9.17, 15) is 4.79 Å². The Morgan fingerprint density at radius 2 is 1.77 bits per heavy atom. The van der Waals surface area contributed by atoms with E-state index in [-0.39, 0.29) is 5.41 Å². The molecule has 0 atom stereocenters. The molecule has 160 valence electrons. The van der Waals surface area contributed by atoms with E-state index in [4.69, 9.17) is 4.42 Å². The number of carbonyl (C=O) groups is 1. The summed E-state index contributed by atoms with van der Waals surface area (Å²) in [4.78, 5) is 13.5. The Bertz CT molecular complexity index is 878. The molecule has 2 aromatic rings. The summed E-state index contributed by atoms with van der Waals surface area (Å²) in [5, 5.41) is 9.92. The number of rotatable bonds is 6. The van der Waals surface area contributed by atoms with Crippen molar-refractivity contribution < 1.29 is 9.21 Å². The maximum Gasteiger partial charge on any atom is 0.200 e. The van der Waals surface area contributed by atoms with Crippen LogP contribution in [0.2, 0.25) is 0 Å². The van der Waals surface area contributed by atoms with E-state index in [1.165, 1.54) is 38.5 Å². The van der Waals surface area contributed by atoms with Gasteiger partial charge in [-0.05, 0) is 81.3 Å². The maximum absolute atomic E-state index is 13.5. The number of nitrogens with zero attached hydrogens (tertiary/aromatic N) is 3. The van der Waals surface area contributed by atoms with Crippen LogP contribution in [0.15, 0.2) is 28.0 Å². The van der Waals surface area contributed by atoms with Gasteiger partial charge in [-0.1, -0.05) is 31.0 Å². The van der Waals surface area contributed by atoms with Crippen molar-refractivity contribution in [2.24, 2.45) is 23.2 Å². The van der Waals surface area contributed by atoms with Gasteiger partial charge in [0.15, 0.2) is 10.9 Å². The van der Waals surface area contributed by atoms with Crippen LogP contribution in [0, 0.1) is 23.2 Å². The highest BCUT2D eigenvalue weighted by Crippen LogP contribution is 2.60. The number of Topliss-reactive ketones (excluding diaryl/α,β-unsaturated/α-hetero) is 1. The molecule has 0 amide bonds. The molecule has 0 unspecified atom stereocenters. The molecule has 5 nitrogen and oxygen atoms in total. The van der Waals surface area contributed by atoms with Gasteiger partial charge in [0.05, 0.1) is 12.0 Å². The molecule has 4 bridgehead atoms. The summed E-state index contributed by atoms with van der Waals surface area (Å²) in [6.07, 6.45) is 15.4. The molecule has 0 aliphatic heterocycles. The number of aromatic nitrogens is 3. The first-order chi connectivity index (χ1) is 14.7. The molecule has 30 heavy (non-hydrogen) atoms. The summed E-state index contributed by atoms with van der Waals surface area (Å²) < 4.78 is 7.93. The third-order valence-electron chi connectivity index (χ3n) is 8.31. The number of carbonyl (C=O) groups excluding carboxylic acids is 1. The zero-order valence-electron chi connectivity index (χ0n) is 17.6. The van der Waals surface area contributed by atoms with Gasteiger partial charge in [-0.25, -0.2) is 0 Å². The molecule has 0 radical (unpaired) electrons. The zero-order valence-corrected chi connectivity index (χ0v) is 18.4. The van der Waals surface area contributed by atoms with E-state index in [1.54, 1.807) is 18.0 Å². The zero-order chi connectivity index (χ0) is 20.1. The monoisotopic (exact) mass is 425 g/mol. The fourth-order valence-corrected chi connectivity index (χ4v) is 8.39. The highest BCUT2D eigenvalue weighted by molar-refractivity contribution is 7.99. The van der Waals surface area contributed by atoms with Crippen LogP contribution in [0.4, 0.5) is 0 Å². The van der Waals surface area contributed by atoms with Gasteiger partial charge in [0.1, 0.15) is 5.78 Å². The first-order valence-electron chi connectivity index (χ1n) is 11.8. The molecule has 7 rings (SSSR count). The Morgan fingerprint density at radius 3 is 2.40 bits per heavy atom. The average molecular weight is 426 g/mol. The SMILES string of the molecule is O=C(CSc1nnc(-c2ccco2)n1C1CCCCC1)C12CC3CC(CC(C3)C1)C2. The standard InChI is InChI=1S/C24H31N3O2S/c28-21(24-12-16-9-17(13-24)11-18(10-16)14-24)15-30-23-26-25-22(20-7-4-8-29-20)27(23)19-5-2-1-3-6-19/h4,7-8,16-19H,1-3,5-6,9-15H2. The highest BCUT2D eigenvalue weighted by Gasteiger charge is 2.54. The minimum Gasteiger partial charge on any atom is -0.461 e. The number of ketones is 1. The summed E-state index contributed by atoms with van der Waals surface area (Å²) >= 11 is 1.61. The van der Waals surface area contributed by atoms with Gasteiger partial charge in [0.2, 0.25) is 5.82 Å². The molecule has 5 aliphatic rings. The summed E-state index contributed by atoms with van der Waals surface area (Å²) in [7, 11) is 0. The summed E-state index contributed by atoms with van der Waals surface area (Å²) in [6.45, 7) is 0. The van der Waals surface area contributed by atoms with Gasteiger partial charge >= 0.3 is 0 Å². The Morgan fingerprint density at radius 1 is 1.07 bits per heavy atom. The Kier molecular flexibility index (Phi) is 4.81. The van der Waals surface area contributed by atoms with E-state index in [1.807, 2.05) is 12.1 Å². The van der Waals surface area contributed by atoms with Gasteiger partial charge < -0.3 is 4.42 Å². The minimum atomic E-state index is -0.0265. The maximum atomic E-state index is 13.5. The molecule has 0 aromatic carbocycles. The summed E-state index contributed by atoms with van der Waals surface area (Å²) in [5.41, 5.74) is -0.0265. The molecule has 0 saturated heterocycles. The van der Waals surface area contributed by atoms with E-state index in [0.29, 0.717) is 17.6 Å². The van der Waals surface area contributed by atoms with Crippen LogP contribution < -0.4 is 0 Å². The normalized spacial score (nSPS) is 33.3. The number of furan rings is 1. The fraction of sp³-hybridized carbons (Fsp3) is 0.708. The van der Waals surface area contributed by atoms with Crippen molar-refractivity contribution in [3.63, 3.8) is 0 Å². The lowest BCUT2D eigenvalue weighted by Gasteiger charge is -2.56. The number of thioether (sulfide) groups is 1. The highest BCUT2D eigenvalue weighted by atomic mass is 32.2. The summed E-state index contributed by atoms with van der Waals surface area (Å²) in [6, 6.07) is 4.27. The second-order valence-electron chi connectivity index (χ2n) is 10.4. The third-order valence-corrected chi connectivity index (χ3v) is 9.25. The van der Waals surface area contributed by atoms with Gasteiger partial charge in [-0.2, -0.15) is 0 Å². The lowest BCUT2D eigenvalue weighted by atomic mass is 9.48. The topological polar surface area (TPSA) is 60.9 Å². The first-order valence-corrected chi connectivity index (χ1v) is 12.8. The Labute approximate surface area is 182 Å². The minimum absolute atomic E-state index is 0.0265. The number of hydrogen-bond donors (Lipinski definition) is 0. The van der Waals surface area contributed by atoms with Crippen molar-refractivity contribution in [1.82, 2.24) is 14.8 Å². The van der Waals surface area contributed by atoms with Crippen molar-refractivity contribution in [2.75, 3.05) is 5.75 Å². The second-order valence-corrected chi connectivity index (χ2v) is 11.3. The predicted molar refractivity (Wildman–Crippen MR) is 116 cm³/mol. The predicted octanol–water partition coefficient (Wildman–Crippen LogP) is 5.92. The van der Waals surface area contributed by atoms with Gasteiger partial charge in [-0.3, -0.25) is 9.36 Å². The van der Waals surface area contributed by atoms with Crippen LogP contribution in [0.1, 0.15) is 76.7 Å². The molecular weight excluding hydrogens is 394 g/mol. The van der Waals surface area contributed by atoms with Crippen LogP contribution in [0.3, 0.4) is 0 Å². The third kappa shape index (κ3) is 3.26. The van der Waals surface area contributed by atoms with Gasteiger partial charge in [-0.15, -0.1) is 10.2 Å². The molecular formula is C24H31N3O2S. The van der Waals surface area contributed by atoms with Crippen molar-refractivity contribution in [3.05, 3.63) is 18.4 Å². The second kappa shape index (κ2) is 7.54. The molecule has 5 aliphatic carbocycles. The number of hydrogen-bond acceptors (Lipinski definition) is 5. The smallest absolute Gasteiger partial charge is 0.200 e. The van der Waals surface area contributed by atoms with Gasteiger partial charge in [0, 0.05) is 11.5 Å². The Balaban J connectivity index is 1.23. The van der Waals surface area contributed by atoms with Crippen molar-refractivity contribution in [3.8, 4) is 11.6 Å². The molecule has 2 aromatic heterocycles. The van der Waals surface area contributed by atoms with Crippen LogP contribution >= 0.6 is 11.8 Å². The van der Waals surface area contributed by atoms with E-state index < -0.39 is 0 Å². The lowest BCUT2D eigenvalue weighted by Crippen LogP contribution is -2.50. The van der Waals surface area contributed by atoms with E-state index in [2.05, 4.69) is 14.8 Å². The van der Waals surface area contributed by atoms with E-state index in [0.717, 1.165) is 66.6 Å².